The molecule has 0 saturated carbocycles. The van der Waals surface area contributed by atoms with Crippen molar-refractivity contribution >= 4 is 45.7 Å². The maximum Gasteiger partial charge on any atom is 0.319 e. The number of amides is 3. The van der Waals surface area contributed by atoms with Gasteiger partial charge in [-0.3, -0.25) is 9.78 Å². The van der Waals surface area contributed by atoms with Crippen LogP contribution >= 0.6 is 22.9 Å². The van der Waals surface area contributed by atoms with Gasteiger partial charge in [0.05, 0.1) is 32.7 Å². The first kappa shape index (κ1) is 23.0. The molecular weight excluding hydrogens is 486 g/mol. The number of nitrogens with zero attached hydrogens (tertiary/aromatic N) is 4. The van der Waals surface area contributed by atoms with Crippen molar-refractivity contribution in [2.24, 2.45) is 0 Å². The van der Waals surface area contributed by atoms with Crippen LogP contribution in [0.5, 0.6) is 0 Å². The largest absolute Gasteiger partial charge is 0.338 e. The van der Waals surface area contributed by atoms with Crippen molar-refractivity contribution in [3.05, 3.63) is 59.0 Å². The highest BCUT2D eigenvalue weighted by molar-refractivity contribution is 7.19. The second-order valence-electron chi connectivity index (χ2n) is 7.96. The Bertz CT molecular complexity index is 1430. The smallest absolute Gasteiger partial charge is 0.319 e. The Morgan fingerprint density at radius 3 is 2.77 bits per heavy atom. The van der Waals surface area contributed by atoms with Crippen LogP contribution in [0.2, 0.25) is 5.02 Å². The van der Waals surface area contributed by atoms with Crippen LogP contribution in [0.15, 0.2) is 42.7 Å². The van der Waals surface area contributed by atoms with Gasteiger partial charge in [-0.2, -0.15) is 5.10 Å². The monoisotopic (exact) mass is 507 g/mol. The number of halogens is 1. The molecule has 0 bridgehead atoms. The lowest BCUT2D eigenvalue weighted by Gasteiger charge is -2.15. The molecule has 3 aromatic heterocycles. The Morgan fingerprint density at radius 1 is 1.20 bits per heavy atom. The highest BCUT2D eigenvalue weighted by atomic mass is 35.5. The van der Waals surface area contributed by atoms with Crippen molar-refractivity contribution in [3.8, 4) is 27.5 Å². The summed E-state index contributed by atoms with van der Waals surface area (Å²) in [5.41, 5.74) is 5.86. The Balaban J connectivity index is 1.64. The van der Waals surface area contributed by atoms with E-state index in [0.717, 1.165) is 45.9 Å². The molecule has 0 radical (unpaired) electrons. The van der Waals surface area contributed by atoms with Crippen molar-refractivity contribution in [2.75, 3.05) is 17.2 Å². The molecule has 3 amide bonds. The van der Waals surface area contributed by atoms with E-state index < -0.39 is 0 Å². The third kappa shape index (κ3) is 4.50. The summed E-state index contributed by atoms with van der Waals surface area (Å²) in [6.45, 7) is 3.83. The second kappa shape index (κ2) is 9.47. The molecule has 11 heteroatoms. The zero-order valence-corrected chi connectivity index (χ0v) is 20.6. The summed E-state index contributed by atoms with van der Waals surface area (Å²) in [6.07, 6.45) is 4.99. The first-order valence-electron chi connectivity index (χ1n) is 11.1. The van der Waals surface area contributed by atoms with Gasteiger partial charge in [-0.05, 0) is 50.1 Å². The van der Waals surface area contributed by atoms with Crippen LogP contribution in [-0.4, -0.2) is 38.2 Å². The Hall–Kier alpha value is -3.76. The van der Waals surface area contributed by atoms with Gasteiger partial charge in [0, 0.05) is 42.7 Å². The summed E-state index contributed by atoms with van der Waals surface area (Å²) in [5, 5.41) is 14.2. The molecule has 0 unspecified atom stereocenters. The number of nitrogens with one attached hydrogen (secondary N) is 3. The number of carbonyl (C=O) groups excluding carboxylic acids is 2. The van der Waals surface area contributed by atoms with E-state index in [4.69, 9.17) is 16.7 Å². The first-order valence-corrected chi connectivity index (χ1v) is 12.3. The average molecular weight is 508 g/mol. The first-order chi connectivity index (χ1) is 16.9. The van der Waals surface area contributed by atoms with Gasteiger partial charge >= 0.3 is 6.03 Å². The van der Waals surface area contributed by atoms with E-state index in [1.165, 1.54) is 18.3 Å². The molecule has 3 heterocycles. The van der Waals surface area contributed by atoms with Gasteiger partial charge in [-0.25, -0.2) is 14.5 Å². The molecule has 1 aliphatic carbocycles. The summed E-state index contributed by atoms with van der Waals surface area (Å²) in [4.78, 5) is 33.4. The van der Waals surface area contributed by atoms with E-state index in [1.807, 2.05) is 29.8 Å². The lowest BCUT2D eigenvalue weighted by atomic mass is 9.95. The van der Waals surface area contributed by atoms with Crippen molar-refractivity contribution in [2.45, 2.75) is 26.7 Å². The lowest BCUT2D eigenvalue weighted by molar-refractivity contribution is -0.114. The summed E-state index contributed by atoms with van der Waals surface area (Å²) in [7, 11) is 0. The molecule has 0 spiro atoms. The standard InChI is InChI=1S/C24H22ClN7O2S/c1-3-27-23(34)29-15-6-9-19(17(25)11-15)32-21-16(20(31-32)14-5-4-10-26-12-14)7-8-18-22(21)35-24(30-18)28-13(2)33/h4-6,9-12H,3,7-8H2,1-2H3,(H2,27,29,34)(H,28,30,33). The van der Waals surface area contributed by atoms with E-state index in [-0.39, 0.29) is 11.9 Å². The number of aromatic nitrogens is 4. The number of carbonyl (C=O) groups is 2. The van der Waals surface area contributed by atoms with Crippen molar-refractivity contribution < 1.29 is 9.59 Å². The number of hydrogen-bond donors (Lipinski definition) is 3. The molecule has 3 N–H and O–H groups in total. The third-order valence-electron chi connectivity index (χ3n) is 5.50. The zero-order chi connectivity index (χ0) is 24.5. The van der Waals surface area contributed by atoms with Gasteiger partial charge in [0.25, 0.3) is 0 Å². The van der Waals surface area contributed by atoms with Gasteiger partial charge < -0.3 is 16.0 Å². The molecule has 0 aliphatic heterocycles. The minimum atomic E-state index is -0.300. The molecule has 1 aliphatic rings. The molecule has 1 aromatic carbocycles. The number of urea groups is 1. The fourth-order valence-corrected chi connectivity index (χ4v) is 5.45. The van der Waals surface area contributed by atoms with Gasteiger partial charge in [0.1, 0.15) is 0 Å². The molecule has 5 rings (SSSR count). The molecule has 0 saturated heterocycles. The topological polar surface area (TPSA) is 114 Å². The van der Waals surface area contributed by atoms with E-state index in [2.05, 4.69) is 25.9 Å². The SMILES string of the molecule is CCNC(=O)Nc1ccc(-n2nc(-c3cccnc3)c3c2-c2sc(NC(C)=O)nc2CC3)c(Cl)c1. The van der Waals surface area contributed by atoms with Gasteiger partial charge in [-0.15, -0.1) is 0 Å². The van der Waals surface area contributed by atoms with Crippen molar-refractivity contribution in [1.82, 2.24) is 25.1 Å². The number of aryl methyl sites for hydroxylation is 1. The minimum absolute atomic E-state index is 0.167. The predicted molar refractivity (Wildman–Crippen MR) is 137 cm³/mol. The average Bonchev–Trinajstić information content (AvgIpc) is 3.40. The minimum Gasteiger partial charge on any atom is -0.338 e. The molecule has 0 atom stereocenters. The normalized spacial score (nSPS) is 12.0. The fourth-order valence-electron chi connectivity index (χ4n) is 4.08. The zero-order valence-electron chi connectivity index (χ0n) is 19.1. The maximum absolute atomic E-state index is 11.9. The number of hydrogen-bond acceptors (Lipinski definition) is 6. The molecule has 178 valence electrons. The van der Waals surface area contributed by atoms with E-state index >= 15 is 0 Å². The van der Waals surface area contributed by atoms with Crippen LogP contribution < -0.4 is 16.0 Å². The van der Waals surface area contributed by atoms with Crippen molar-refractivity contribution in [3.63, 3.8) is 0 Å². The molecule has 35 heavy (non-hydrogen) atoms. The van der Waals surface area contributed by atoms with E-state index in [1.54, 1.807) is 24.5 Å². The van der Waals surface area contributed by atoms with Gasteiger partial charge in [-0.1, -0.05) is 22.9 Å². The van der Waals surface area contributed by atoms with Crippen LogP contribution in [0, 0.1) is 0 Å². The fraction of sp³-hybridized carbons (Fsp3) is 0.208. The molecule has 0 fully saturated rings. The van der Waals surface area contributed by atoms with E-state index in [9.17, 15) is 9.59 Å². The predicted octanol–water partition coefficient (Wildman–Crippen LogP) is 4.91. The number of fused-ring (bicyclic) bond motifs is 3. The van der Waals surface area contributed by atoms with Crippen LogP contribution in [-0.2, 0) is 17.6 Å². The molecule has 9 nitrogen and oxygen atoms in total. The molecular formula is C24H22ClN7O2S. The van der Waals surface area contributed by atoms with Gasteiger partial charge in [0.2, 0.25) is 5.91 Å². The Kier molecular flexibility index (Phi) is 6.23. The number of rotatable bonds is 5. The van der Waals surface area contributed by atoms with Crippen LogP contribution in [0.3, 0.4) is 0 Å². The lowest BCUT2D eigenvalue weighted by Crippen LogP contribution is -2.28. The number of pyridine rings is 1. The van der Waals surface area contributed by atoms with Crippen LogP contribution in [0.25, 0.3) is 27.5 Å². The number of benzene rings is 1. The number of anilines is 2. The maximum atomic E-state index is 11.9. The summed E-state index contributed by atoms with van der Waals surface area (Å²) < 4.78 is 1.82. The third-order valence-corrected chi connectivity index (χ3v) is 6.82. The van der Waals surface area contributed by atoms with Crippen LogP contribution in [0.4, 0.5) is 15.6 Å². The quantitative estimate of drug-likeness (QED) is 0.355. The Morgan fingerprint density at radius 2 is 2.06 bits per heavy atom. The highest BCUT2D eigenvalue weighted by Crippen LogP contribution is 2.44. The second-order valence-corrected chi connectivity index (χ2v) is 9.36. The summed E-state index contributed by atoms with van der Waals surface area (Å²) in [6, 6.07) is 8.87. The summed E-state index contributed by atoms with van der Waals surface area (Å²) >= 11 is 8.13. The van der Waals surface area contributed by atoms with Gasteiger partial charge in [0.15, 0.2) is 5.13 Å². The van der Waals surface area contributed by atoms with Crippen molar-refractivity contribution in [1.29, 1.82) is 0 Å². The highest BCUT2D eigenvalue weighted by Gasteiger charge is 2.30. The van der Waals surface area contributed by atoms with E-state index in [0.29, 0.717) is 28.1 Å². The van der Waals surface area contributed by atoms with Crippen LogP contribution in [0.1, 0.15) is 25.1 Å². The number of thiazole rings is 1. The molecule has 4 aromatic rings. The summed E-state index contributed by atoms with van der Waals surface area (Å²) in [5.74, 6) is -0.167. The Labute approximate surface area is 210 Å².